The van der Waals surface area contributed by atoms with Gasteiger partial charge in [0.05, 0.1) is 25.6 Å². The molecular weight excluding hydrogens is 406 g/mol. The molecule has 0 radical (unpaired) electrons. The predicted molar refractivity (Wildman–Crippen MR) is 108 cm³/mol. The smallest absolute Gasteiger partial charge is 0.309 e. The van der Waals surface area contributed by atoms with Gasteiger partial charge in [0.25, 0.3) is 5.91 Å². The molecule has 168 valence electrons. The summed E-state index contributed by atoms with van der Waals surface area (Å²) in [6, 6.07) is 4.77. The summed E-state index contributed by atoms with van der Waals surface area (Å²) in [4.78, 5) is 51.8. The van der Waals surface area contributed by atoms with E-state index < -0.39 is 5.91 Å². The van der Waals surface area contributed by atoms with E-state index in [-0.39, 0.29) is 43.6 Å². The molecule has 0 spiro atoms. The summed E-state index contributed by atoms with van der Waals surface area (Å²) in [7, 11) is 1.51. The van der Waals surface area contributed by atoms with Crippen LogP contribution in [0.3, 0.4) is 0 Å². The van der Waals surface area contributed by atoms with Crippen LogP contribution in [0.15, 0.2) is 18.2 Å². The first-order valence-corrected chi connectivity index (χ1v) is 10.2. The van der Waals surface area contributed by atoms with Gasteiger partial charge in [0.2, 0.25) is 18.6 Å². The Kier molecular flexibility index (Phi) is 7.32. The maximum Gasteiger partial charge on any atom is 0.309 e. The molecule has 3 amide bonds. The number of nitrogens with one attached hydrogen (secondary N) is 1. The van der Waals surface area contributed by atoms with E-state index in [1.807, 2.05) is 0 Å². The lowest BCUT2D eigenvalue weighted by Gasteiger charge is -2.32. The highest BCUT2D eigenvalue weighted by atomic mass is 16.7. The number of benzene rings is 1. The quantitative estimate of drug-likeness (QED) is 0.619. The van der Waals surface area contributed by atoms with Crippen molar-refractivity contribution in [1.82, 2.24) is 15.1 Å². The van der Waals surface area contributed by atoms with E-state index in [4.69, 9.17) is 14.2 Å². The average molecular weight is 433 g/mol. The number of piperidine rings is 1. The summed E-state index contributed by atoms with van der Waals surface area (Å²) < 4.78 is 15.5. The lowest BCUT2D eigenvalue weighted by molar-refractivity contribution is -0.151. The minimum Gasteiger partial charge on any atom is -0.466 e. The van der Waals surface area contributed by atoms with E-state index in [0.717, 1.165) is 0 Å². The molecular formula is C21H27N3O7. The van der Waals surface area contributed by atoms with Crippen LogP contribution in [0.5, 0.6) is 11.5 Å². The number of hydrogen-bond acceptors (Lipinski definition) is 7. The van der Waals surface area contributed by atoms with Crippen LogP contribution in [0.4, 0.5) is 0 Å². The minimum atomic E-state index is -0.424. The maximum atomic E-state index is 12.5. The zero-order valence-electron chi connectivity index (χ0n) is 17.7. The van der Waals surface area contributed by atoms with Gasteiger partial charge in [0.15, 0.2) is 11.5 Å². The molecule has 10 nitrogen and oxygen atoms in total. The molecule has 2 heterocycles. The third-order valence-electron chi connectivity index (χ3n) is 5.30. The molecule has 31 heavy (non-hydrogen) atoms. The molecule has 10 heteroatoms. The van der Waals surface area contributed by atoms with Crippen molar-refractivity contribution >= 4 is 23.7 Å². The Bertz CT molecular complexity index is 849. The van der Waals surface area contributed by atoms with Crippen molar-refractivity contribution in [2.24, 2.45) is 5.92 Å². The zero-order valence-corrected chi connectivity index (χ0v) is 17.7. The van der Waals surface area contributed by atoms with Crippen molar-refractivity contribution in [2.75, 3.05) is 46.6 Å². The zero-order chi connectivity index (χ0) is 22.4. The first-order valence-electron chi connectivity index (χ1n) is 10.2. The Labute approximate surface area is 180 Å². The summed E-state index contributed by atoms with van der Waals surface area (Å²) >= 11 is 0. The van der Waals surface area contributed by atoms with Crippen molar-refractivity contribution in [3.05, 3.63) is 23.8 Å². The Morgan fingerprint density at radius 1 is 1.16 bits per heavy atom. The normalized spacial score (nSPS) is 15.4. The first kappa shape index (κ1) is 22.4. The number of ether oxygens (including phenoxy) is 3. The highest BCUT2D eigenvalue weighted by Crippen LogP contribution is 2.32. The topological polar surface area (TPSA) is 114 Å². The van der Waals surface area contributed by atoms with Crippen molar-refractivity contribution in [3.63, 3.8) is 0 Å². The molecule has 0 unspecified atom stereocenters. The largest absolute Gasteiger partial charge is 0.466 e. The molecule has 0 aliphatic carbocycles. The molecule has 1 aromatic carbocycles. The van der Waals surface area contributed by atoms with Crippen LogP contribution in [-0.4, -0.2) is 80.1 Å². The fraction of sp³-hybridized carbons (Fsp3) is 0.524. The van der Waals surface area contributed by atoms with Crippen LogP contribution in [0, 0.1) is 5.92 Å². The molecule has 1 fully saturated rings. The van der Waals surface area contributed by atoms with Crippen molar-refractivity contribution < 1.29 is 33.4 Å². The lowest BCUT2D eigenvalue weighted by Crippen LogP contribution is -2.47. The van der Waals surface area contributed by atoms with Crippen LogP contribution in [0.2, 0.25) is 0 Å². The van der Waals surface area contributed by atoms with Gasteiger partial charge in [0.1, 0.15) is 0 Å². The molecule has 2 aliphatic rings. The standard InChI is InChI=1S/C21H27N3O7/c1-3-29-21(28)14-6-8-24(9-7-14)19(26)12-23(2)18(25)11-22-20(27)15-4-5-16-17(10-15)31-13-30-16/h4-5,10,14H,3,6-9,11-13H2,1-2H3,(H,22,27). The van der Waals surface area contributed by atoms with Gasteiger partial charge in [-0.05, 0) is 38.0 Å². The summed E-state index contributed by atoms with van der Waals surface area (Å²) in [5, 5.41) is 2.55. The number of fused-ring (bicyclic) bond motifs is 1. The molecule has 2 aliphatic heterocycles. The van der Waals surface area contributed by atoms with Crippen molar-refractivity contribution in [1.29, 1.82) is 0 Å². The highest BCUT2D eigenvalue weighted by Gasteiger charge is 2.29. The van der Waals surface area contributed by atoms with Gasteiger partial charge in [-0.3, -0.25) is 19.2 Å². The molecule has 0 atom stereocenters. The van der Waals surface area contributed by atoms with Gasteiger partial charge >= 0.3 is 5.97 Å². The summed E-state index contributed by atoms with van der Waals surface area (Å²) in [6.07, 6.45) is 1.10. The highest BCUT2D eigenvalue weighted by molar-refractivity contribution is 5.97. The number of carbonyl (C=O) groups excluding carboxylic acids is 4. The third kappa shape index (κ3) is 5.65. The van der Waals surface area contributed by atoms with Gasteiger partial charge < -0.3 is 29.3 Å². The summed E-state index contributed by atoms with van der Waals surface area (Å²) in [5.74, 6) is -0.364. The van der Waals surface area contributed by atoms with E-state index in [9.17, 15) is 19.2 Å². The molecule has 0 aromatic heterocycles. The first-order chi connectivity index (χ1) is 14.9. The molecule has 3 rings (SSSR count). The maximum absolute atomic E-state index is 12.5. The van der Waals surface area contributed by atoms with Gasteiger partial charge in [-0.1, -0.05) is 0 Å². The molecule has 0 bridgehead atoms. The van der Waals surface area contributed by atoms with Crippen LogP contribution < -0.4 is 14.8 Å². The number of amides is 3. The number of hydrogen-bond donors (Lipinski definition) is 1. The summed E-state index contributed by atoms with van der Waals surface area (Å²) in [6.45, 7) is 2.79. The number of nitrogens with zero attached hydrogens (tertiary/aromatic N) is 2. The number of carbonyl (C=O) groups is 4. The number of likely N-dealkylation sites (tertiary alicyclic amines) is 1. The van der Waals surface area contributed by atoms with Gasteiger partial charge in [-0.2, -0.15) is 0 Å². The van der Waals surface area contributed by atoms with Gasteiger partial charge in [0, 0.05) is 25.7 Å². The second kappa shape index (κ2) is 10.1. The van der Waals surface area contributed by atoms with Gasteiger partial charge in [-0.25, -0.2) is 0 Å². The molecule has 1 saturated heterocycles. The van der Waals surface area contributed by atoms with Crippen LogP contribution in [0.25, 0.3) is 0 Å². The second-order valence-corrected chi connectivity index (χ2v) is 7.41. The molecule has 1 aromatic rings. The number of rotatable bonds is 7. The van der Waals surface area contributed by atoms with Gasteiger partial charge in [-0.15, -0.1) is 0 Å². The predicted octanol–water partition coefficient (Wildman–Crippen LogP) is 0.405. The van der Waals surface area contributed by atoms with Crippen LogP contribution in [-0.2, 0) is 19.1 Å². The fourth-order valence-corrected chi connectivity index (χ4v) is 3.45. The van der Waals surface area contributed by atoms with Crippen molar-refractivity contribution in [3.8, 4) is 11.5 Å². The average Bonchev–Trinajstić information content (AvgIpc) is 3.25. The van der Waals surface area contributed by atoms with E-state index in [1.54, 1.807) is 30.0 Å². The van der Waals surface area contributed by atoms with E-state index in [1.165, 1.54) is 11.9 Å². The van der Waals surface area contributed by atoms with E-state index in [0.29, 0.717) is 49.6 Å². The summed E-state index contributed by atoms with van der Waals surface area (Å²) in [5.41, 5.74) is 0.347. The Hall–Kier alpha value is -3.30. The number of likely N-dealkylation sites (N-methyl/N-ethyl adjacent to an activating group) is 1. The third-order valence-corrected chi connectivity index (χ3v) is 5.30. The van der Waals surface area contributed by atoms with E-state index in [2.05, 4.69) is 5.32 Å². The Morgan fingerprint density at radius 3 is 2.58 bits per heavy atom. The molecule has 1 N–H and O–H groups in total. The fourth-order valence-electron chi connectivity index (χ4n) is 3.45. The SMILES string of the molecule is CCOC(=O)C1CCN(C(=O)CN(C)C(=O)CNC(=O)c2ccc3c(c2)OCO3)CC1. The lowest BCUT2D eigenvalue weighted by atomic mass is 9.97. The monoisotopic (exact) mass is 433 g/mol. The minimum absolute atomic E-state index is 0.0944. The Balaban J connectivity index is 1.41. The Morgan fingerprint density at radius 2 is 1.87 bits per heavy atom. The van der Waals surface area contributed by atoms with E-state index >= 15 is 0 Å². The number of esters is 1. The molecule has 0 saturated carbocycles. The second-order valence-electron chi connectivity index (χ2n) is 7.41. The van der Waals surface area contributed by atoms with Crippen LogP contribution in [0.1, 0.15) is 30.1 Å². The van der Waals surface area contributed by atoms with Crippen molar-refractivity contribution in [2.45, 2.75) is 19.8 Å². The van der Waals surface area contributed by atoms with Crippen LogP contribution >= 0.6 is 0 Å².